The Morgan fingerprint density at radius 3 is 2.44 bits per heavy atom. The molecular formula is C33H24BrN3O4S2. The van der Waals surface area contributed by atoms with Crippen LogP contribution in [0.1, 0.15) is 21.9 Å². The Bertz CT molecular complexity index is 2000. The van der Waals surface area contributed by atoms with Crippen molar-refractivity contribution < 1.29 is 14.4 Å². The number of rotatable bonds is 5. The number of halogens is 1. The number of aryl methyl sites for hydroxylation is 1. The summed E-state index contributed by atoms with van der Waals surface area (Å²) in [6, 6.07) is 28.4. The molecule has 0 spiro atoms. The predicted octanol–water partition coefficient (Wildman–Crippen LogP) is 6.57. The maximum Gasteiger partial charge on any atom is 0.308 e. The average molecular weight is 671 g/mol. The molecule has 2 aliphatic rings. The number of hydrogen-bond donors (Lipinski definition) is 1. The minimum atomic E-state index is -0.744. The zero-order valence-corrected chi connectivity index (χ0v) is 26.0. The number of benzene rings is 4. The van der Waals surface area contributed by atoms with E-state index in [0.717, 1.165) is 37.7 Å². The van der Waals surface area contributed by atoms with Crippen molar-refractivity contribution in [3.05, 3.63) is 121 Å². The van der Waals surface area contributed by atoms with Crippen molar-refractivity contribution in [3.63, 3.8) is 0 Å². The van der Waals surface area contributed by atoms with Crippen molar-refractivity contribution in [3.8, 4) is 0 Å². The summed E-state index contributed by atoms with van der Waals surface area (Å²) in [7, 11) is 0. The normalized spacial score (nSPS) is 19.4. The molecule has 3 heterocycles. The van der Waals surface area contributed by atoms with Gasteiger partial charge in [-0.1, -0.05) is 105 Å². The molecule has 43 heavy (non-hydrogen) atoms. The first-order chi connectivity index (χ1) is 20.8. The third kappa shape index (κ3) is 4.83. The van der Waals surface area contributed by atoms with Gasteiger partial charge >= 0.3 is 4.87 Å². The van der Waals surface area contributed by atoms with Crippen molar-refractivity contribution in [2.24, 2.45) is 5.92 Å². The number of carbonyl (C=O) groups is 3. The zero-order valence-electron chi connectivity index (χ0n) is 22.8. The predicted molar refractivity (Wildman–Crippen MR) is 174 cm³/mol. The fourth-order valence-corrected chi connectivity index (χ4v) is 9.12. The Labute approximate surface area is 263 Å². The Kier molecular flexibility index (Phi) is 7.07. The standard InChI is InChI=1S/C33H24BrN3O4S2/c1-18-12-14-22(15-13-18)37-30(39)27-26(20-8-4-9-21(34)16-20)29-32(42-28(27)31(37)40)36(33(41)43-29)17-25(38)35-24-11-5-7-19-6-2-3-10-23(19)24/h2-16,26-28H,17H2,1H3,(H,35,38)/t26-,27?,28?/m1/s1. The third-order valence-corrected chi connectivity index (χ3v) is 11.0. The van der Waals surface area contributed by atoms with Gasteiger partial charge in [-0.2, -0.15) is 0 Å². The molecule has 1 N–H and O–H groups in total. The van der Waals surface area contributed by atoms with Crippen LogP contribution in [0.25, 0.3) is 10.8 Å². The molecule has 0 saturated carbocycles. The van der Waals surface area contributed by atoms with Crippen LogP contribution < -0.4 is 15.1 Å². The molecule has 1 aromatic heterocycles. The van der Waals surface area contributed by atoms with Crippen molar-refractivity contribution >= 4 is 78.9 Å². The Balaban J connectivity index is 1.28. The number of hydrogen-bond acceptors (Lipinski definition) is 6. The van der Waals surface area contributed by atoms with Crippen LogP contribution in [0.5, 0.6) is 0 Å². The quantitative estimate of drug-likeness (QED) is 0.214. The lowest BCUT2D eigenvalue weighted by Crippen LogP contribution is -2.33. The summed E-state index contributed by atoms with van der Waals surface area (Å²) in [5.41, 5.74) is 3.03. The summed E-state index contributed by atoms with van der Waals surface area (Å²) >= 11 is 5.79. The molecule has 4 aromatic carbocycles. The number of nitrogens with one attached hydrogen (secondary N) is 1. The number of amides is 3. The van der Waals surface area contributed by atoms with Crippen LogP contribution in [0.15, 0.2) is 105 Å². The van der Waals surface area contributed by atoms with Gasteiger partial charge in [-0.3, -0.25) is 23.7 Å². The molecule has 0 bridgehead atoms. The highest BCUT2D eigenvalue weighted by Gasteiger charge is 2.56. The SMILES string of the molecule is Cc1ccc(N2C(=O)C3Sc4c(sc(=O)n4CC(=O)Nc4cccc5ccccc45)[C@H](c4cccc(Br)c4)C3C2=O)cc1. The number of carbonyl (C=O) groups excluding carboxylic acids is 3. The van der Waals surface area contributed by atoms with E-state index in [9.17, 15) is 19.2 Å². The smallest absolute Gasteiger partial charge is 0.308 e. The highest BCUT2D eigenvalue weighted by atomic mass is 79.9. The summed E-state index contributed by atoms with van der Waals surface area (Å²) in [5, 5.41) is 4.67. The topological polar surface area (TPSA) is 88.5 Å². The van der Waals surface area contributed by atoms with Crippen LogP contribution in [-0.2, 0) is 20.9 Å². The number of thioether (sulfide) groups is 1. The summed E-state index contributed by atoms with van der Waals surface area (Å²) in [5.74, 6) is -2.18. The minimum Gasteiger partial charge on any atom is -0.324 e. The molecular weight excluding hydrogens is 646 g/mol. The van der Waals surface area contributed by atoms with E-state index in [-0.39, 0.29) is 29.1 Å². The molecule has 3 atom stereocenters. The van der Waals surface area contributed by atoms with Gasteiger partial charge in [0.2, 0.25) is 17.7 Å². The van der Waals surface area contributed by atoms with Gasteiger partial charge in [-0.15, -0.1) is 0 Å². The van der Waals surface area contributed by atoms with Crippen LogP contribution in [0, 0.1) is 12.8 Å². The highest BCUT2D eigenvalue weighted by Crippen LogP contribution is 2.54. The zero-order chi connectivity index (χ0) is 29.8. The van der Waals surface area contributed by atoms with Gasteiger partial charge in [0.05, 0.1) is 16.6 Å². The maximum atomic E-state index is 14.0. The largest absolute Gasteiger partial charge is 0.324 e. The molecule has 3 amide bonds. The van der Waals surface area contributed by atoms with Crippen molar-refractivity contribution in [1.82, 2.24) is 4.57 Å². The summed E-state index contributed by atoms with van der Waals surface area (Å²) in [4.78, 5) is 56.4. The lowest BCUT2D eigenvalue weighted by Gasteiger charge is -2.30. The molecule has 0 aliphatic carbocycles. The highest BCUT2D eigenvalue weighted by molar-refractivity contribution is 9.10. The van der Waals surface area contributed by atoms with Gasteiger partial charge < -0.3 is 5.32 Å². The van der Waals surface area contributed by atoms with Crippen LogP contribution in [-0.4, -0.2) is 27.5 Å². The molecule has 7 rings (SSSR count). The van der Waals surface area contributed by atoms with Crippen molar-refractivity contribution in [2.45, 2.75) is 29.7 Å². The number of thiazole rings is 1. The first-order valence-corrected chi connectivity index (χ1v) is 16.2. The van der Waals surface area contributed by atoms with Gasteiger partial charge in [0.1, 0.15) is 11.8 Å². The van der Waals surface area contributed by atoms with E-state index in [2.05, 4.69) is 21.2 Å². The molecule has 5 aromatic rings. The third-order valence-electron chi connectivity index (χ3n) is 7.91. The van der Waals surface area contributed by atoms with Crippen LogP contribution in [0.4, 0.5) is 11.4 Å². The fourth-order valence-electron chi connectivity index (χ4n) is 5.93. The average Bonchev–Trinajstić information content (AvgIpc) is 3.44. The van der Waals surface area contributed by atoms with Gasteiger partial charge in [-0.25, -0.2) is 4.90 Å². The second kappa shape index (κ2) is 10.9. The monoisotopic (exact) mass is 669 g/mol. The summed E-state index contributed by atoms with van der Waals surface area (Å²) in [6.07, 6.45) is 0. The van der Waals surface area contributed by atoms with Gasteiger partial charge in [0.15, 0.2) is 0 Å². The maximum absolute atomic E-state index is 14.0. The van der Waals surface area contributed by atoms with E-state index in [1.165, 1.54) is 21.2 Å². The number of fused-ring (bicyclic) bond motifs is 3. The molecule has 1 saturated heterocycles. The van der Waals surface area contributed by atoms with Crippen molar-refractivity contribution in [2.75, 3.05) is 10.2 Å². The van der Waals surface area contributed by atoms with Crippen LogP contribution in [0.3, 0.4) is 0 Å². The second-order valence-electron chi connectivity index (χ2n) is 10.6. The Hall–Kier alpha value is -3.99. The first-order valence-electron chi connectivity index (χ1n) is 13.7. The second-order valence-corrected chi connectivity index (χ2v) is 13.7. The van der Waals surface area contributed by atoms with E-state index < -0.39 is 17.1 Å². The van der Waals surface area contributed by atoms with Gasteiger partial charge in [-0.05, 0) is 48.2 Å². The lowest BCUT2D eigenvalue weighted by atomic mass is 9.83. The molecule has 0 radical (unpaired) electrons. The van der Waals surface area contributed by atoms with E-state index >= 15 is 0 Å². The van der Waals surface area contributed by atoms with E-state index in [0.29, 0.717) is 21.3 Å². The molecule has 2 aliphatic heterocycles. The number of nitrogens with zero attached hydrogens (tertiary/aromatic N) is 2. The lowest BCUT2D eigenvalue weighted by molar-refractivity contribution is -0.122. The molecule has 1 fully saturated rings. The fraction of sp³-hybridized carbons (Fsp3) is 0.152. The number of imide groups is 1. The van der Waals surface area contributed by atoms with Crippen molar-refractivity contribution in [1.29, 1.82) is 0 Å². The molecule has 10 heteroatoms. The Morgan fingerprint density at radius 1 is 0.907 bits per heavy atom. The van der Waals surface area contributed by atoms with Crippen LogP contribution >= 0.6 is 39.0 Å². The Morgan fingerprint density at radius 2 is 1.65 bits per heavy atom. The summed E-state index contributed by atoms with van der Waals surface area (Å²) < 4.78 is 2.27. The number of aromatic nitrogens is 1. The van der Waals surface area contributed by atoms with Gasteiger partial charge in [0, 0.05) is 26.3 Å². The minimum absolute atomic E-state index is 0.215. The summed E-state index contributed by atoms with van der Waals surface area (Å²) in [6.45, 7) is 1.73. The van der Waals surface area contributed by atoms with E-state index in [1.54, 1.807) is 12.1 Å². The van der Waals surface area contributed by atoms with E-state index in [4.69, 9.17) is 0 Å². The van der Waals surface area contributed by atoms with E-state index in [1.807, 2.05) is 85.8 Å². The number of anilines is 2. The first kappa shape index (κ1) is 27.8. The molecule has 2 unspecified atom stereocenters. The van der Waals surface area contributed by atoms with Gasteiger partial charge in [0.25, 0.3) is 0 Å². The molecule has 7 nitrogen and oxygen atoms in total. The molecule has 214 valence electrons. The van der Waals surface area contributed by atoms with Crippen LogP contribution in [0.2, 0.25) is 0 Å².